The third kappa shape index (κ3) is 22.3. The maximum Gasteiger partial charge on any atom is 1.00 e. The Labute approximate surface area is 265 Å². The van der Waals surface area contributed by atoms with Gasteiger partial charge in [-0.1, -0.05) is 0 Å². The van der Waals surface area contributed by atoms with Crippen molar-refractivity contribution < 1.29 is 233 Å². The van der Waals surface area contributed by atoms with E-state index in [2.05, 4.69) is 17.2 Å². The van der Waals surface area contributed by atoms with Gasteiger partial charge in [-0.3, -0.25) is 0 Å². The van der Waals surface area contributed by atoms with Gasteiger partial charge in [-0.2, -0.15) is 17.2 Å². The van der Waals surface area contributed by atoms with Crippen LogP contribution in [0.3, 0.4) is 0 Å². The molecule has 24 heavy (non-hydrogen) atoms. The Balaban J connectivity index is -0.000000133. The normalized spacial score (nSPS) is 19.3. The first-order valence-electron chi connectivity index (χ1n) is 3.77. The summed E-state index contributed by atoms with van der Waals surface area (Å²) in [4.78, 5) is 58.7. The molecular formula is H10K3O16P5. The van der Waals surface area contributed by atoms with E-state index in [4.69, 9.17) is 34.3 Å². The van der Waals surface area contributed by atoms with E-state index in [0.29, 0.717) is 0 Å². The Hall–Kier alpha value is 5.62. The minimum Gasteiger partial charge on any atom is -1.00 e. The second kappa shape index (κ2) is 13.9. The summed E-state index contributed by atoms with van der Waals surface area (Å²) in [5.74, 6) is 0. The van der Waals surface area contributed by atoms with Crippen LogP contribution in [-0.2, 0) is 40.1 Å². The van der Waals surface area contributed by atoms with Crippen LogP contribution in [-0.4, -0.2) is 34.3 Å². The molecule has 0 aliphatic carbocycles. The van der Waals surface area contributed by atoms with Crippen LogP contribution in [0.1, 0.15) is 4.28 Å². The van der Waals surface area contributed by atoms with Crippen LogP contribution in [0.2, 0.25) is 0 Å². The van der Waals surface area contributed by atoms with Crippen LogP contribution in [0.5, 0.6) is 0 Å². The standard InChI is InChI=1S/3K.H7O16P5.3H/c;;;1-17(2,3)13-19(7,8)15-21(11,12)16-20(9,10)14-18(4,5)6;;;/h;;;(H,7,8)(H,9,10)(H,11,12)(H2,1,2,3)(H2,4,5,6);;;/q3*+1;;3*-1. The van der Waals surface area contributed by atoms with E-state index < -0.39 is 39.1 Å². The Bertz CT molecular complexity index is 573. The molecule has 24 heteroatoms. The van der Waals surface area contributed by atoms with E-state index in [0.717, 1.165) is 0 Å². The van der Waals surface area contributed by atoms with E-state index in [9.17, 15) is 22.8 Å². The Kier molecular flexibility index (Phi) is 21.4. The third-order valence-electron chi connectivity index (χ3n) is 0.832. The second-order valence-corrected chi connectivity index (χ2v) is 10.1. The van der Waals surface area contributed by atoms with Crippen LogP contribution in [0.15, 0.2) is 0 Å². The summed E-state index contributed by atoms with van der Waals surface area (Å²) in [6.07, 6.45) is 0. The molecule has 0 rings (SSSR count). The molecule has 0 radical (unpaired) electrons. The predicted octanol–water partition coefficient (Wildman–Crippen LogP) is -9.11. The van der Waals surface area contributed by atoms with Crippen molar-refractivity contribution in [2.24, 2.45) is 0 Å². The molecule has 0 aliphatic heterocycles. The van der Waals surface area contributed by atoms with E-state index >= 15 is 0 Å². The fourth-order valence-corrected chi connectivity index (χ4v) is 5.97. The van der Waals surface area contributed by atoms with Gasteiger partial charge in [0.2, 0.25) is 0 Å². The first-order chi connectivity index (χ1) is 8.83. The van der Waals surface area contributed by atoms with Crippen LogP contribution in [0, 0.1) is 0 Å². The molecule has 0 saturated heterocycles. The van der Waals surface area contributed by atoms with Gasteiger partial charge in [0.15, 0.2) is 0 Å². The molecule has 0 aromatic rings. The molecule has 0 heterocycles. The van der Waals surface area contributed by atoms with E-state index in [1.165, 1.54) is 0 Å². The van der Waals surface area contributed by atoms with Crippen molar-refractivity contribution in [3.05, 3.63) is 0 Å². The predicted molar refractivity (Wildman–Crippen MR) is 61.2 cm³/mol. The van der Waals surface area contributed by atoms with E-state index in [1.807, 2.05) is 0 Å². The molecule has 16 nitrogen and oxygen atoms in total. The monoisotopic (exact) mass is 538 g/mol. The molecule has 0 saturated carbocycles. The SMILES string of the molecule is O=P(O)(O)OP(=O)(O)OP(=O)(O)OP(=O)(O)OP(=O)(O)O.[H-].[H-].[H-].[K+].[K+].[K+]. The largest absolute Gasteiger partial charge is 1.00 e. The first kappa shape index (κ1) is 37.0. The minimum atomic E-state index is -6.07. The van der Waals surface area contributed by atoms with E-state index in [1.54, 1.807) is 0 Å². The first-order valence-corrected chi connectivity index (χ1v) is 11.3. The molecule has 0 fully saturated rings. The number of rotatable bonds is 8. The molecule has 0 aromatic carbocycles. The van der Waals surface area contributed by atoms with Gasteiger partial charge in [0.25, 0.3) is 0 Å². The van der Waals surface area contributed by atoms with Gasteiger partial charge < -0.3 is 38.5 Å². The topological polar surface area (TPSA) is 264 Å². The zero-order chi connectivity index (χ0) is 17.3. The number of phosphoric acid groups is 5. The summed E-state index contributed by atoms with van der Waals surface area (Å²) < 4.78 is 65.6. The number of hydrogen-bond donors (Lipinski definition) is 7. The van der Waals surface area contributed by atoms with Crippen molar-refractivity contribution in [3.63, 3.8) is 0 Å². The molecule has 0 aliphatic rings. The van der Waals surface area contributed by atoms with Crippen LogP contribution >= 0.6 is 39.1 Å². The van der Waals surface area contributed by atoms with Crippen LogP contribution < -0.4 is 154 Å². The zero-order valence-corrected chi connectivity index (χ0v) is 25.9. The summed E-state index contributed by atoms with van der Waals surface area (Å²) in [6, 6.07) is 0. The van der Waals surface area contributed by atoms with Gasteiger partial charge >= 0.3 is 193 Å². The Morgan fingerprint density at radius 2 is 0.625 bits per heavy atom. The molecule has 134 valence electrons. The molecule has 2 unspecified atom stereocenters. The maximum absolute atomic E-state index is 11.0. The van der Waals surface area contributed by atoms with Crippen molar-refractivity contribution in [1.82, 2.24) is 0 Å². The minimum absolute atomic E-state index is 0. The van der Waals surface area contributed by atoms with Crippen molar-refractivity contribution in [3.8, 4) is 0 Å². The number of hydrogen-bond acceptors (Lipinski definition) is 9. The molecule has 0 spiro atoms. The van der Waals surface area contributed by atoms with Gasteiger partial charge in [0.1, 0.15) is 0 Å². The van der Waals surface area contributed by atoms with Crippen molar-refractivity contribution >= 4 is 39.1 Å². The van der Waals surface area contributed by atoms with Gasteiger partial charge in [-0.05, 0) is 0 Å². The Morgan fingerprint density at radius 3 is 0.792 bits per heavy atom. The van der Waals surface area contributed by atoms with Crippen molar-refractivity contribution in [1.29, 1.82) is 0 Å². The molecular weight excluding hydrogens is 528 g/mol. The van der Waals surface area contributed by atoms with Gasteiger partial charge in [0.05, 0.1) is 0 Å². The molecule has 0 amide bonds. The fraction of sp³-hybridized carbons (Fsp3) is 0. The zero-order valence-electron chi connectivity index (χ0n) is 15.0. The average Bonchev–Trinajstić information content (AvgIpc) is 1.83. The average molecular weight is 538 g/mol. The van der Waals surface area contributed by atoms with Crippen LogP contribution in [0.4, 0.5) is 0 Å². The quantitative estimate of drug-likeness (QED) is 0.112. The Morgan fingerprint density at radius 1 is 0.458 bits per heavy atom. The van der Waals surface area contributed by atoms with E-state index in [-0.39, 0.29) is 158 Å². The van der Waals surface area contributed by atoms with Gasteiger partial charge in [0, 0.05) is 0 Å². The molecule has 2 atom stereocenters. The second-order valence-electron chi connectivity index (χ2n) is 2.71. The van der Waals surface area contributed by atoms with Crippen molar-refractivity contribution in [2.45, 2.75) is 0 Å². The molecule has 7 N–H and O–H groups in total. The summed E-state index contributed by atoms with van der Waals surface area (Å²) in [7, 11) is -29.3. The smallest absolute Gasteiger partial charge is 1.00 e. The van der Waals surface area contributed by atoms with Gasteiger partial charge in [-0.25, -0.2) is 22.8 Å². The molecule has 0 aromatic heterocycles. The summed E-state index contributed by atoms with van der Waals surface area (Å²) in [5, 5.41) is 0. The summed E-state index contributed by atoms with van der Waals surface area (Å²) >= 11 is 0. The summed E-state index contributed by atoms with van der Waals surface area (Å²) in [6.45, 7) is 0. The third-order valence-corrected chi connectivity index (χ3v) is 7.49. The van der Waals surface area contributed by atoms with Crippen LogP contribution in [0.25, 0.3) is 0 Å². The van der Waals surface area contributed by atoms with Crippen molar-refractivity contribution in [2.75, 3.05) is 0 Å². The maximum atomic E-state index is 11.0. The fourth-order valence-electron chi connectivity index (χ4n) is 0.574. The summed E-state index contributed by atoms with van der Waals surface area (Å²) in [5.41, 5.74) is 0. The van der Waals surface area contributed by atoms with Gasteiger partial charge in [-0.15, -0.1) is 0 Å². The molecule has 0 bridgehead atoms.